The van der Waals surface area contributed by atoms with E-state index in [2.05, 4.69) is 11.2 Å². The van der Waals surface area contributed by atoms with E-state index in [1.165, 1.54) is 18.6 Å². The van der Waals surface area contributed by atoms with E-state index in [-0.39, 0.29) is 5.69 Å². The van der Waals surface area contributed by atoms with Gasteiger partial charge in [-0.25, -0.2) is 0 Å². The number of piperidine rings is 1. The van der Waals surface area contributed by atoms with Gasteiger partial charge < -0.3 is 10.0 Å². The number of non-ortho nitro benzene ring substituents is 1. The molecule has 1 heterocycles. The van der Waals surface area contributed by atoms with Crippen LogP contribution in [0.25, 0.3) is 0 Å². The van der Waals surface area contributed by atoms with Gasteiger partial charge in [-0.15, -0.1) is 0 Å². The third-order valence-electron chi connectivity index (χ3n) is 3.90. The molecule has 0 saturated carbocycles. The molecular formula is C15H22N2O3S. The quantitative estimate of drug-likeness (QED) is 0.646. The number of nitrogens with zero attached hydrogens (tertiary/aromatic N) is 2. The number of hydrogen-bond donors (Lipinski definition) is 1. The molecule has 2 rings (SSSR count). The van der Waals surface area contributed by atoms with Crippen LogP contribution in [0.3, 0.4) is 0 Å². The predicted octanol–water partition coefficient (Wildman–Crippen LogP) is 2.70. The maximum absolute atomic E-state index is 10.8. The van der Waals surface area contributed by atoms with Crippen molar-refractivity contribution < 1.29 is 10.0 Å². The van der Waals surface area contributed by atoms with Gasteiger partial charge in [0.25, 0.3) is 5.69 Å². The zero-order chi connectivity index (χ0) is 15.2. The molecule has 2 atom stereocenters. The third-order valence-corrected chi connectivity index (χ3v) is 4.71. The number of hydrogen-bond acceptors (Lipinski definition) is 5. The maximum atomic E-state index is 10.8. The van der Waals surface area contributed by atoms with Gasteiger partial charge in [-0.2, -0.15) is 11.8 Å². The van der Waals surface area contributed by atoms with E-state index in [9.17, 15) is 15.2 Å². The van der Waals surface area contributed by atoms with Crippen LogP contribution >= 0.6 is 11.8 Å². The van der Waals surface area contributed by atoms with Crippen LogP contribution in [0.4, 0.5) is 5.69 Å². The lowest BCUT2D eigenvalue weighted by molar-refractivity contribution is -0.385. The molecule has 5 nitrogen and oxygen atoms in total. The van der Waals surface area contributed by atoms with Crippen molar-refractivity contribution in [2.24, 2.45) is 5.92 Å². The number of rotatable bonds is 6. The minimum atomic E-state index is -0.669. The summed E-state index contributed by atoms with van der Waals surface area (Å²) >= 11 is 1.87. The van der Waals surface area contributed by atoms with Gasteiger partial charge >= 0.3 is 0 Å². The first-order valence-corrected chi connectivity index (χ1v) is 8.63. The van der Waals surface area contributed by atoms with Crippen LogP contribution in [0.5, 0.6) is 0 Å². The number of aliphatic hydroxyl groups excluding tert-OH is 1. The fraction of sp³-hybridized carbons (Fsp3) is 0.600. The average Bonchev–Trinajstić information content (AvgIpc) is 2.48. The van der Waals surface area contributed by atoms with Crippen molar-refractivity contribution in [3.8, 4) is 0 Å². The Bertz CT molecular complexity index is 482. The molecule has 0 amide bonds. The van der Waals surface area contributed by atoms with E-state index in [1.807, 2.05) is 11.8 Å². The van der Waals surface area contributed by atoms with Crippen molar-refractivity contribution in [1.82, 2.24) is 4.90 Å². The number of β-amino-alcohol motifs (C(OH)–C–C–N with tert-alkyl or cyclic N) is 1. The van der Waals surface area contributed by atoms with Crippen LogP contribution in [-0.2, 0) is 0 Å². The van der Waals surface area contributed by atoms with Crippen molar-refractivity contribution in [2.75, 3.05) is 31.6 Å². The van der Waals surface area contributed by atoms with Gasteiger partial charge in [0.1, 0.15) is 0 Å². The minimum Gasteiger partial charge on any atom is -0.387 e. The monoisotopic (exact) mass is 310 g/mol. The summed E-state index contributed by atoms with van der Waals surface area (Å²) in [7, 11) is 0. The fourth-order valence-electron chi connectivity index (χ4n) is 2.88. The first-order chi connectivity index (χ1) is 10.1. The summed E-state index contributed by atoms with van der Waals surface area (Å²) in [6, 6.07) is 6.30. The van der Waals surface area contributed by atoms with Gasteiger partial charge in [-0.3, -0.25) is 10.1 Å². The molecule has 21 heavy (non-hydrogen) atoms. The number of aliphatic hydroxyl groups is 1. The van der Waals surface area contributed by atoms with Crippen molar-refractivity contribution in [2.45, 2.75) is 18.9 Å². The highest BCUT2D eigenvalue weighted by molar-refractivity contribution is 7.98. The van der Waals surface area contributed by atoms with Crippen molar-refractivity contribution in [1.29, 1.82) is 0 Å². The second kappa shape index (κ2) is 7.77. The molecule has 0 unspecified atom stereocenters. The molecule has 1 N–H and O–H groups in total. The molecule has 0 spiro atoms. The molecule has 0 bridgehead atoms. The molecule has 0 aliphatic carbocycles. The maximum Gasteiger partial charge on any atom is 0.269 e. The number of likely N-dealkylation sites (tertiary alicyclic amines) is 1. The average molecular weight is 310 g/mol. The Balaban J connectivity index is 1.95. The second-order valence-corrected chi connectivity index (χ2v) is 6.50. The smallest absolute Gasteiger partial charge is 0.269 e. The van der Waals surface area contributed by atoms with Crippen molar-refractivity contribution >= 4 is 17.4 Å². The van der Waals surface area contributed by atoms with Crippen LogP contribution in [-0.4, -0.2) is 46.6 Å². The van der Waals surface area contributed by atoms with Crippen LogP contribution in [0, 0.1) is 16.0 Å². The summed E-state index contributed by atoms with van der Waals surface area (Å²) in [4.78, 5) is 12.6. The lowest BCUT2D eigenvalue weighted by Crippen LogP contribution is -2.38. The summed E-state index contributed by atoms with van der Waals surface area (Å²) in [5, 5.41) is 21.1. The van der Waals surface area contributed by atoms with Crippen molar-refractivity contribution in [3.05, 3.63) is 39.9 Å². The number of nitro benzene ring substituents is 1. The molecule has 0 radical (unpaired) electrons. The Kier molecular flexibility index (Phi) is 6.02. The lowest BCUT2D eigenvalue weighted by atomic mass is 9.99. The van der Waals surface area contributed by atoms with Gasteiger partial charge in [-0.05, 0) is 42.9 Å². The highest BCUT2D eigenvalue weighted by Gasteiger charge is 2.22. The second-order valence-electron chi connectivity index (χ2n) is 5.59. The van der Waals surface area contributed by atoms with Crippen LogP contribution in [0.1, 0.15) is 24.5 Å². The number of benzene rings is 1. The summed E-state index contributed by atoms with van der Waals surface area (Å²) < 4.78 is 0. The van der Waals surface area contributed by atoms with E-state index in [0.29, 0.717) is 18.0 Å². The molecule has 1 aromatic rings. The minimum absolute atomic E-state index is 0.0328. The molecule has 116 valence electrons. The standard InChI is InChI=1S/C15H22N2O3S/c1-21-11-12-4-3-7-16(9-12)10-15(18)13-5-2-6-14(8-13)17(19)20/h2,5-6,8,12,15,18H,3-4,7,9-11H2,1H3/t12-,15+/m1/s1. The fourth-order valence-corrected chi connectivity index (χ4v) is 3.63. The van der Waals surface area contributed by atoms with E-state index in [1.54, 1.807) is 12.1 Å². The van der Waals surface area contributed by atoms with E-state index < -0.39 is 11.0 Å². The largest absolute Gasteiger partial charge is 0.387 e. The SMILES string of the molecule is CSC[C@@H]1CCCN(C[C@H](O)c2cccc([N+](=O)[O-])c2)C1. The molecular weight excluding hydrogens is 288 g/mol. The third kappa shape index (κ3) is 4.69. The number of thioether (sulfide) groups is 1. The normalized spacial score (nSPS) is 21.1. The summed E-state index contributed by atoms with van der Waals surface area (Å²) in [5.41, 5.74) is 0.654. The highest BCUT2D eigenvalue weighted by Crippen LogP contribution is 2.24. The molecule has 1 aliphatic rings. The Labute approximate surface area is 129 Å². The molecule has 0 aromatic heterocycles. The van der Waals surface area contributed by atoms with Gasteiger partial charge in [0.05, 0.1) is 11.0 Å². The van der Waals surface area contributed by atoms with Crippen molar-refractivity contribution in [3.63, 3.8) is 0 Å². The molecule has 1 saturated heterocycles. The Morgan fingerprint density at radius 2 is 2.38 bits per heavy atom. The molecule has 6 heteroatoms. The Morgan fingerprint density at radius 3 is 3.10 bits per heavy atom. The topological polar surface area (TPSA) is 66.6 Å². The zero-order valence-electron chi connectivity index (χ0n) is 12.3. The first kappa shape index (κ1) is 16.3. The predicted molar refractivity (Wildman–Crippen MR) is 85.6 cm³/mol. The molecule has 1 aliphatic heterocycles. The number of nitro groups is 1. The van der Waals surface area contributed by atoms with E-state index >= 15 is 0 Å². The Morgan fingerprint density at radius 1 is 1.57 bits per heavy atom. The first-order valence-electron chi connectivity index (χ1n) is 7.24. The molecule has 1 aromatic carbocycles. The van der Waals surface area contributed by atoms with Gasteiger partial charge in [-0.1, -0.05) is 12.1 Å². The highest BCUT2D eigenvalue weighted by atomic mass is 32.2. The van der Waals surface area contributed by atoms with E-state index in [4.69, 9.17) is 0 Å². The van der Waals surface area contributed by atoms with Crippen LogP contribution < -0.4 is 0 Å². The van der Waals surface area contributed by atoms with Gasteiger partial charge in [0.15, 0.2) is 0 Å². The van der Waals surface area contributed by atoms with Gasteiger partial charge in [0.2, 0.25) is 0 Å². The summed E-state index contributed by atoms with van der Waals surface area (Å²) in [6.07, 6.45) is 3.87. The Hall–Kier alpha value is -1.11. The van der Waals surface area contributed by atoms with Crippen LogP contribution in [0.2, 0.25) is 0 Å². The van der Waals surface area contributed by atoms with Crippen LogP contribution in [0.15, 0.2) is 24.3 Å². The zero-order valence-corrected chi connectivity index (χ0v) is 13.1. The van der Waals surface area contributed by atoms with Gasteiger partial charge in [0, 0.05) is 25.2 Å². The summed E-state index contributed by atoms with van der Waals surface area (Å²) in [5.74, 6) is 1.84. The molecule has 1 fully saturated rings. The van der Waals surface area contributed by atoms with E-state index in [0.717, 1.165) is 25.3 Å². The lowest BCUT2D eigenvalue weighted by Gasteiger charge is -2.33. The summed E-state index contributed by atoms with van der Waals surface area (Å²) in [6.45, 7) is 2.55.